The molecule has 1 heterocycles. The Bertz CT molecular complexity index is 497. The molecule has 1 aliphatic carbocycles. The van der Waals surface area contributed by atoms with Gasteiger partial charge in [-0.1, -0.05) is 31.4 Å². The number of amides is 1. The van der Waals surface area contributed by atoms with Crippen LogP contribution in [0.2, 0.25) is 0 Å². The smallest absolute Gasteiger partial charge is 0.254 e. The van der Waals surface area contributed by atoms with Gasteiger partial charge in [-0.3, -0.25) is 4.79 Å². The van der Waals surface area contributed by atoms with Gasteiger partial charge in [-0.05, 0) is 56.3 Å². The van der Waals surface area contributed by atoms with Gasteiger partial charge >= 0.3 is 0 Å². The van der Waals surface area contributed by atoms with Crippen molar-refractivity contribution in [2.24, 2.45) is 0 Å². The minimum atomic E-state index is 0. The molecule has 23 heavy (non-hydrogen) atoms. The zero-order valence-electron chi connectivity index (χ0n) is 14.1. The first-order valence-electron chi connectivity index (χ1n) is 8.85. The highest BCUT2D eigenvalue weighted by Crippen LogP contribution is 2.32. The second kappa shape index (κ2) is 8.70. The molecule has 4 heteroatoms. The van der Waals surface area contributed by atoms with Crippen LogP contribution in [0, 0.1) is 0 Å². The fraction of sp³-hybridized carbons (Fsp3) is 0.632. The number of rotatable bonds is 4. The fourth-order valence-corrected chi connectivity index (χ4v) is 4.05. The van der Waals surface area contributed by atoms with E-state index in [2.05, 4.69) is 17.4 Å². The van der Waals surface area contributed by atoms with Crippen molar-refractivity contribution in [3.05, 3.63) is 35.4 Å². The Hall–Kier alpha value is -1.06. The van der Waals surface area contributed by atoms with E-state index in [1.807, 2.05) is 24.1 Å². The Morgan fingerprint density at radius 1 is 1.09 bits per heavy atom. The Kier molecular flexibility index (Phi) is 6.91. The number of carbonyl (C=O) groups excluding carboxylic acids is 1. The van der Waals surface area contributed by atoms with Crippen LogP contribution in [0.1, 0.15) is 66.8 Å². The van der Waals surface area contributed by atoms with Crippen molar-refractivity contribution in [1.82, 2.24) is 10.2 Å². The number of hydrogen-bond donors (Lipinski definition) is 1. The topological polar surface area (TPSA) is 32.3 Å². The standard InChI is InChI=1S/C19H28N2O.ClH/c1-20-14-18-8-5-13-21(18)19(22)17-11-9-16(10-12-17)15-6-3-2-4-7-15;/h9-12,15,18,20H,2-8,13-14H2,1H3;1H. The molecule has 0 spiro atoms. The number of carbonyl (C=O) groups is 1. The van der Waals surface area contributed by atoms with E-state index < -0.39 is 0 Å². The lowest BCUT2D eigenvalue weighted by Crippen LogP contribution is -2.40. The maximum atomic E-state index is 12.7. The van der Waals surface area contributed by atoms with Gasteiger partial charge in [0.15, 0.2) is 0 Å². The number of benzene rings is 1. The second-order valence-electron chi connectivity index (χ2n) is 6.81. The third-order valence-corrected chi connectivity index (χ3v) is 5.31. The van der Waals surface area contributed by atoms with Gasteiger partial charge in [0.05, 0.1) is 0 Å². The van der Waals surface area contributed by atoms with Crippen LogP contribution in [-0.2, 0) is 0 Å². The van der Waals surface area contributed by atoms with Gasteiger partial charge in [0, 0.05) is 24.7 Å². The zero-order valence-corrected chi connectivity index (χ0v) is 14.9. The normalized spacial score (nSPS) is 22.0. The monoisotopic (exact) mass is 336 g/mol. The van der Waals surface area contributed by atoms with Crippen LogP contribution in [0.5, 0.6) is 0 Å². The predicted octanol–water partition coefficient (Wildman–Crippen LogP) is 3.98. The van der Waals surface area contributed by atoms with Crippen molar-refractivity contribution in [3.63, 3.8) is 0 Å². The molecule has 1 aromatic carbocycles. The van der Waals surface area contributed by atoms with Gasteiger partial charge in [0.2, 0.25) is 0 Å². The number of halogens is 1. The molecular formula is C19H29ClN2O. The van der Waals surface area contributed by atoms with Crippen LogP contribution in [0.3, 0.4) is 0 Å². The summed E-state index contributed by atoms with van der Waals surface area (Å²) in [5.74, 6) is 0.912. The third kappa shape index (κ3) is 4.27. The molecule has 128 valence electrons. The lowest BCUT2D eigenvalue weighted by Gasteiger charge is -2.25. The van der Waals surface area contributed by atoms with Gasteiger partial charge in [0.25, 0.3) is 5.91 Å². The third-order valence-electron chi connectivity index (χ3n) is 5.31. The minimum absolute atomic E-state index is 0. The molecular weight excluding hydrogens is 308 g/mol. The molecule has 1 amide bonds. The van der Waals surface area contributed by atoms with Crippen LogP contribution in [0.25, 0.3) is 0 Å². The number of nitrogens with one attached hydrogen (secondary N) is 1. The Labute approximate surface area is 146 Å². The summed E-state index contributed by atoms with van der Waals surface area (Å²) in [7, 11) is 1.96. The molecule has 1 N–H and O–H groups in total. The van der Waals surface area contributed by atoms with Crippen molar-refractivity contribution in [3.8, 4) is 0 Å². The first-order chi connectivity index (χ1) is 10.8. The molecule has 0 bridgehead atoms. The second-order valence-corrected chi connectivity index (χ2v) is 6.81. The molecule has 1 aliphatic heterocycles. The van der Waals surface area contributed by atoms with Crippen molar-refractivity contribution in [2.75, 3.05) is 20.1 Å². The number of likely N-dealkylation sites (N-methyl/N-ethyl adjacent to an activating group) is 1. The molecule has 1 unspecified atom stereocenters. The SMILES string of the molecule is CNCC1CCCN1C(=O)c1ccc(C2CCCCC2)cc1.Cl. The maximum absolute atomic E-state index is 12.7. The van der Waals surface area contributed by atoms with Gasteiger partial charge < -0.3 is 10.2 Å². The maximum Gasteiger partial charge on any atom is 0.254 e. The Morgan fingerprint density at radius 3 is 2.43 bits per heavy atom. The van der Waals surface area contributed by atoms with Crippen LogP contribution in [0.15, 0.2) is 24.3 Å². The van der Waals surface area contributed by atoms with Crippen LogP contribution >= 0.6 is 12.4 Å². The molecule has 0 radical (unpaired) electrons. The summed E-state index contributed by atoms with van der Waals surface area (Å²) in [5, 5.41) is 3.20. The van der Waals surface area contributed by atoms with E-state index in [-0.39, 0.29) is 18.3 Å². The quantitative estimate of drug-likeness (QED) is 0.902. The summed E-state index contributed by atoms with van der Waals surface area (Å²) in [4.78, 5) is 14.8. The summed E-state index contributed by atoms with van der Waals surface area (Å²) >= 11 is 0. The summed E-state index contributed by atoms with van der Waals surface area (Å²) in [6.45, 7) is 1.79. The van der Waals surface area contributed by atoms with Gasteiger partial charge in [-0.15, -0.1) is 12.4 Å². The summed E-state index contributed by atoms with van der Waals surface area (Å²) < 4.78 is 0. The van der Waals surface area contributed by atoms with E-state index in [0.717, 1.165) is 31.5 Å². The van der Waals surface area contributed by atoms with E-state index in [0.29, 0.717) is 12.0 Å². The average Bonchev–Trinajstić information content (AvgIpc) is 3.04. The number of likely N-dealkylation sites (tertiary alicyclic amines) is 1. The van der Waals surface area contributed by atoms with Crippen molar-refractivity contribution in [2.45, 2.75) is 56.9 Å². The number of nitrogens with zero attached hydrogens (tertiary/aromatic N) is 1. The lowest BCUT2D eigenvalue weighted by molar-refractivity contribution is 0.0737. The van der Waals surface area contributed by atoms with Crippen LogP contribution in [0.4, 0.5) is 0 Å². The van der Waals surface area contributed by atoms with Crippen LogP contribution in [-0.4, -0.2) is 37.0 Å². The summed E-state index contributed by atoms with van der Waals surface area (Å²) in [6.07, 6.45) is 8.95. The first kappa shape index (κ1) is 18.3. The zero-order chi connectivity index (χ0) is 15.4. The molecule has 1 aromatic rings. The summed E-state index contributed by atoms with van der Waals surface area (Å²) in [5.41, 5.74) is 2.27. The van der Waals surface area contributed by atoms with E-state index in [4.69, 9.17) is 0 Å². The highest BCUT2D eigenvalue weighted by molar-refractivity contribution is 5.94. The molecule has 0 aromatic heterocycles. The minimum Gasteiger partial charge on any atom is -0.334 e. The average molecular weight is 337 g/mol. The van der Waals surface area contributed by atoms with E-state index >= 15 is 0 Å². The Balaban J connectivity index is 0.00000192. The lowest BCUT2D eigenvalue weighted by atomic mass is 9.84. The van der Waals surface area contributed by atoms with Crippen molar-refractivity contribution in [1.29, 1.82) is 0 Å². The molecule has 2 aliphatic rings. The first-order valence-corrected chi connectivity index (χ1v) is 8.85. The molecule has 1 atom stereocenters. The summed E-state index contributed by atoms with van der Waals surface area (Å²) in [6, 6.07) is 8.82. The molecule has 3 nitrogen and oxygen atoms in total. The number of hydrogen-bond acceptors (Lipinski definition) is 2. The molecule has 3 rings (SSSR count). The van der Waals surface area contributed by atoms with E-state index in [1.165, 1.54) is 37.7 Å². The van der Waals surface area contributed by atoms with Gasteiger partial charge in [0.1, 0.15) is 0 Å². The predicted molar refractivity (Wildman–Crippen MR) is 97.5 cm³/mol. The Morgan fingerprint density at radius 2 is 1.78 bits per heavy atom. The van der Waals surface area contributed by atoms with Gasteiger partial charge in [-0.25, -0.2) is 0 Å². The van der Waals surface area contributed by atoms with Gasteiger partial charge in [-0.2, -0.15) is 0 Å². The highest BCUT2D eigenvalue weighted by atomic mass is 35.5. The molecule has 1 saturated heterocycles. The van der Waals surface area contributed by atoms with Crippen molar-refractivity contribution >= 4 is 18.3 Å². The fourth-order valence-electron chi connectivity index (χ4n) is 4.05. The highest BCUT2D eigenvalue weighted by Gasteiger charge is 2.28. The van der Waals surface area contributed by atoms with Crippen molar-refractivity contribution < 1.29 is 4.79 Å². The van der Waals surface area contributed by atoms with E-state index in [1.54, 1.807) is 0 Å². The van der Waals surface area contributed by atoms with E-state index in [9.17, 15) is 4.79 Å². The largest absolute Gasteiger partial charge is 0.334 e. The molecule has 1 saturated carbocycles. The molecule has 2 fully saturated rings. The van der Waals surface area contributed by atoms with Crippen LogP contribution < -0.4 is 5.32 Å².